The van der Waals surface area contributed by atoms with E-state index in [9.17, 15) is 26.7 Å². The van der Waals surface area contributed by atoms with E-state index in [1.807, 2.05) is 109 Å². The molecular weight excluding hydrogens is 1010 g/mol. The molecule has 72 heavy (non-hydrogen) atoms. The molecule has 9 nitrogen and oxygen atoms in total. The number of para-hydroxylation sites is 5. The average Bonchev–Trinajstić information content (AvgIpc) is 3.35. The second-order valence-corrected chi connectivity index (χ2v) is 15.9. The van der Waals surface area contributed by atoms with Crippen molar-refractivity contribution in [3.63, 3.8) is 0 Å². The molecular formula is C57H67BBrF3O9S. The molecule has 0 unspecified atom stereocenters. The molecule has 0 aliphatic carbocycles. The Balaban J connectivity index is 0. The van der Waals surface area contributed by atoms with Crippen LogP contribution in [0.4, 0.5) is 13.2 Å². The Morgan fingerprint density at radius 3 is 1.12 bits per heavy atom. The lowest BCUT2D eigenvalue weighted by Crippen LogP contribution is -2.30. The molecule has 0 saturated carbocycles. The van der Waals surface area contributed by atoms with Gasteiger partial charge in [-0.1, -0.05) is 213 Å². The van der Waals surface area contributed by atoms with E-state index in [-0.39, 0.29) is 48.4 Å². The van der Waals surface area contributed by atoms with Crippen molar-refractivity contribution in [2.45, 2.75) is 42.6 Å². The average molecular weight is 1080 g/mol. The minimum Gasteiger partial charge on any atom is -0.507 e. The normalized spacial score (nSPS) is 9.62. The van der Waals surface area contributed by atoms with Crippen molar-refractivity contribution < 1.29 is 55.1 Å². The van der Waals surface area contributed by atoms with Gasteiger partial charge in [0.1, 0.15) is 23.0 Å². The first-order chi connectivity index (χ1) is 32.2. The minimum atomic E-state index is -5.68. The Morgan fingerprint density at radius 2 is 0.750 bits per heavy atom. The maximum atomic E-state index is 12.3. The first-order valence-corrected chi connectivity index (χ1v) is 22.4. The summed E-state index contributed by atoms with van der Waals surface area (Å²) >= 11 is 3.33. The van der Waals surface area contributed by atoms with Crippen LogP contribution in [0.1, 0.15) is 37.1 Å². The van der Waals surface area contributed by atoms with Gasteiger partial charge in [0.15, 0.2) is 5.75 Å². The van der Waals surface area contributed by atoms with Crippen molar-refractivity contribution in [3.05, 3.63) is 217 Å². The fourth-order valence-electron chi connectivity index (χ4n) is 5.89. The molecule has 0 aliphatic rings. The van der Waals surface area contributed by atoms with Crippen LogP contribution in [0, 0.1) is 0 Å². The monoisotopic (exact) mass is 1070 g/mol. The number of hydrogen-bond acceptors (Lipinski definition) is 9. The van der Waals surface area contributed by atoms with E-state index in [2.05, 4.69) is 38.3 Å². The molecule has 0 aliphatic heterocycles. The number of methoxy groups -OCH3 is 3. The lowest BCUT2D eigenvalue weighted by molar-refractivity contribution is -0.0499. The smallest absolute Gasteiger partial charge is 0.507 e. The van der Waals surface area contributed by atoms with Gasteiger partial charge in [-0.15, -0.1) is 0 Å². The maximum Gasteiger partial charge on any atom is 0.534 e. The molecule has 3 N–H and O–H groups in total. The number of hydrogen-bond donors (Lipinski definition) is 3. The van der Waals surface area contributed by atoms with Gasteiger partial charge >= 0.3 is 22.7 Å². The number of alkyl halides is 3. The number of phenolic OH excluding ortho intramolecular Hbond substituents is 1. The Morgan fingerprint density at radius 1 is 0.431 bits per heavy atom. The highest BCUT2D eigenvalue weighted by atomic mass is 79.9. The van der Waals surface area contributed by atoms with E-state index >= 15 is 0 Å². The van der Waals surface area contributed by atoms with Crippen LogP contribution in [0.15, 0.2) is 217 Å². The Labute approximate surface area is 434 Å². The van der Waals surface area contributed by atoms with Crippen molar-refractivity contribution in [1.29, 1.82) is 0 Å². The molecule has 0 spiro atoms. The quantitative estimate of drug-likeness (QED) is 0.0734. The summed E-state index contributed by atoms with van der Waals surface area (Å²) < 4.78 is 79.5. The molecule has 15 heteroatoms. The molecule has 8 rings (SSSR count). The molecule has 386 valence electrons. The minimum absolute atomic E-state index is 0. The Bertz CT molecular complexity index is 2810. The summed E-state index contributed by atoms with van der Waals surface area (Å²) in [5.41, 5.74) is -0.0165. The van der Waals surface area contributed by atoms with Crippen LogP contribution < -0.4 is 23.9 Å². The predicted octanol–water partition coefficient (Wildman–Crippen LogP) is 15.0. The summed E-state index contributed by atoms with van der Waals surface area (Å²) in [5, 5.41) is 27.2. The van der Waals surface area contributed by atoms with Gasteiger partial charge < -0.3 is 33.5 Å². The van der Waals surface area contributed by atoms with Crippen LogP contribution in [-0.4, -0.2) is 57.5 Å². The third kappa shape index (κ3) is 20.7. The van der Waals surface area contributed by atoms with Crippen LogP contribution in [0.25, 0.3) is 33.4 Å². The third-order valence-corrected chi connectivity index (χ3v) is 10.7. The van der Waals surface area contributed by atoms with Gasteiger partial charge in [-0.3, -0.25) is 0 Å². The molecule has 0 aromatic heterocycles. The first-order valence-electron chi connectivity index (χ1n) is 20.1. The second kappa shape index (κ2) is 34.3. The summed E-state index contributed by atoms with van der Waals surface area (Å²) in [5.74, 6) is 2.24. The van der Waals surface area contributed by atoms with Crippen LogP contribution in [0.5, 0.6) is 28.7 Å². The molecule has 0 saturated heterocycles. The summed E-state index contributed by atoms with van der Waals surface area (Å²) in [6.45, 7) is 0. The van der Waals surface area contributed by atoms with Gasteiger partial charge in [0.25, 0.3) is 0 Å². The zero-order chi connectivity index (χ0) is 48.7. The van der Waals surface area contributed by atoms with Crippen LogP contribution in [0.2, 0.25) is 0 Å². The van der Waals surface area contributed by atoms with Gasteiger partial charge in [0.05, 0.1) is 25.8 Å². The van der Waals surface area contributed by atoms with Gasteiger partial charge in [0, 0.05) is 22.2 Å². The topological polar surface area (TPSA) is 132 Å². The third-order valence-electron chi connectivity index (χ3n) is 9.11. The Kier molecular flexibility index (Phi) is 32.0. The molecule has 0 radical (unpaired) electrons. The van der Waals surface area contributed by atoms with Crippen molar-refractivity contribution in [1.82, 2.24) is 0 Å². The largest absolute Gasteiger partial charge is 0.534 e. The summed E-state index contributed by atoms with van der Waals surface area (Å²) in [7, 11) is -2.31. The zero-order valence-electron chi connectivity index (χ0n) is 36.5. The van der Waals surface area contributed by atoms with Crippen LogP contribution in [-0.2, 0) is 10.1 Å². The molecule has 0 heterocycles. The maximum absolute atomic E-state index is 12.3. The van der Waals surface area contributed by atoms with Gasteiger partial charge in [0.2, 0.25) is 0 Å². The van der Waals surface area contributed by atoms with Crippen LogP contribution >= 0.6 is 15.9 Å². The van der Waals surface area contributed by atoms with Gasteiger partial charge in [-0.25, -0.2) is 0 Å². The predicted molar refractivity (Wildman–Crippen MR) is 297 cm³/mol. The van der Waals surface area contributed by atoms with E-state index in [0.717, 1.165) is 32.7 Å². The highest BCUT2D eigenvalue weighted by Crippen LogP contribution is 2.34. The first kappa shape index (κ1) is 67.0. The lowest BCUT2D eigenvalue weighted by atomic mass is 9.80. The van der Waals surface area contributed by atoms with E-state index in [4.69, 9.17) is 24.3 Å². The lowest BCUT2D eigenvalue weighted by Gasteiger charge is -2.12. The van der Waals surface area contributed by atoms with Gasteiger partial charge in [-0.05, 0) is 69.0 Å². The standard InChI is InChI=1S/C13H9F3O3S.C13H12O.C12H10O.C7H9BO3.C7H7BrO.5CH4/c14-13(15,16)20(17,18)19-12-9-5-4-8-11(12)10-6-2-1-3-7-10;1-14-13-10-6-5-9-12(13)11-7-3-2-4-8-11;13-12-9-5-4-8-11(12)10-6-2-1-3-7-10;1-11-7-5-3-2-4-6(7)8(9)10;1-9-7-5-3-2-4-6(7)8;;;;;/h1-9H;2-10H,1H3;1-9,13H;2-5,9-10H,1H3;2-5H,1H3;5*1H4. The number of aromatic hydroxyl groups is 1. The fraction of sp³-hybridized carbons (Fsp3) is 0.158. The number of benzene rings is 8. The molecule has 0 bridgehead atoms. The van der Waals surface area contributed by atoms with Crippen LogP contribution in [0.3, 0.4) is 0 Å². The highest BCUT2D eigenvalue weighted by molar-refractivity contribution is 9.10. The summed E-state index contributed by atoms with van der Waals surface area (Å²) in [4.78, 5) is 0. The van der Waals surface area contributed by atoms with E-state index in [0.29, 0.717) is 22.5 Å². The molecule has 0 fully saturated rings. The van der Waals surface area contributed by atoms with Crippen molar-refractivity contribution in [2.24, 2.45) is 0 Å². The number of phenols is 1. The fourth-order valence-corrected chi connectivity index (χ4v) is 6.81. The summed E-state index contributed by atoms with van der Waals surface area (Å²) in [6.07, 6.45) is 0. The molecule has 8 aromatic rings. The molecule has 0 atom stereocenters. The van der Waals surface area contributed by atoms with E-state index in [1.165, 1.54) is 30.9 Å². The van der Waals surface area contributed by atoms with Crippen molar-refractivity contribution >= 4 is 38.6 Å². The zero-order valence-corrected chi connectivity index (χ0v) is 38.9. The van der Waals surface area contributed by atoms with Crippen molar-refractivity contribution in [2.75, 3.05) is 21.3 Å². The van der Waals surface area contributed by atoms with E-state index in [1.54, 1.807) is 80.9 Å². The SMILES string of the molecule is C.C.C.C.C.COc1ccccc1-c1ccccc1.COc1ccccc1B(O)O.COc1ccccc1Br.O=S(=O)(Oc1ccccc1-c1ccccc1)C(F)(F)F.Oc1ccccc1-c1ccccc1. The summed E-state index contributed by atoms with van der Waals surface area (Å²) in [6, 6.07) is 64.0. The van der Waals surface area contributed by atoms with Gasteiger partial charge in [-0.2, -0.15) is 21.6 Å². The second-order valence-electron chi connectivity index (χ2n) is 13.5. The number of ether oxygens (including phenoxy) is 3. The van der Waals surface area contributed by atoms with E-state index < -0.39 is 22.7 Å². The molecule has 8 aromatic carbocycles. The Hall–Kier alpha value is -7.04. The number of halogens is 4. The van der Waals surface area contributed by atoms with Crippen molar-refractivity contribution in [3.8, 4) is 62.1 Å². The molecule has 0 amide bonds. The highest BCUT2D eigenvalue weighted by Gasteiger charge is 2.48. The number of rotatable bonds is 9.